The Labute approximate surface area is 127 Å². The van der Waals surface area contributed by atoms with E-state index < -0.39 is 5.97 Å². The molecule has 112 valence electrons. The first-order valence-electron chi connectivity index (χ1n) is 6.77. The fourth-order valence-electron chi connectivity index (χ4n) is 2.26. The molecule has 0 aliphatic carbocycles. The van der Waals surface area contributed by atoms with Crippen molar-refractivity contribution in [3.8, 4) is 17.2 Å². The highest BCUT2D eigenvalue weighted by molar-refractivity contribution is 6.20. The predicted octanol–water partition coefficient (Wildman–Crippen LogP) is 2.79. The summed E-state index contributed by atoms with van der Waals surface area (Å²) in [6.45, 7) is 0.923. The number of ether oxygens (including phenoxy) is 2. The zero-order chi connectivity index (χ0) is 15.5. The number of carboxylic acid groups (broad SMARTS) is 1. The van der Waals surface area contributed by atoms with E-state index in [2.05, 4.69) is 0 Å². The average Bonchev–Trinajstić information content (AvgIpc) is 2.52. The van der Waals surface area contributed by atoms with Gasteiger partial charge in [-0.2, -0.15) is 0 Å². The van der Waals surface area contributed by atoms with Gasteiger partial charge in [0.05, 0.1) is 5.57 Å². The molecule has 1 heterocycles. The van der Waals surface area contributed by atoms with E-state index in [1.54, 1.807) is 30.3 Å². The molecule has 2 N–H and O–H groups in total. The summed E-state index contributed by atoms with van der Waals surface area (Å²) in [6, 6.07) is 11.4. The van der Waals surface area contributed by atoms with E-state index in [9.17, 15) is 15.0 Å². The second-order valence-electron chi connectivity index (χ2n) is 4.82. The molecule has 2 aromatic carbocycles. The number of aromatic hydroxyl groups is 1. The van der Waals surface area contributed by atoms with Gasteiger partial charge in [0.15, 0.2) is 11.5 Å². The van der Waals surface area contributed by atoms with Crippen molar-refractivity contribution < 1.29 is 24.5 Å². The molecule has 3 rings (SSSR count). The van der Waals surface area contributed by atoms with Crippen LogP contribution in [0.1, 0.15) is 11.1 Å². The number of carbonyl (C=O) groups is 1. The molecule has 0 bridgehead atoms. The number of hydrogen-bond donors (Lipinski definition) is 2. The standard InChI is InChI=1S/C17H14O5/c18-13-3-1-2-11(8-13)9-14(17(19)20)12-4-5-15-16(10-12)22-7-6-21-15/h1-5,8-10,18H,6-7H2,(H,19,20)/b14-9-. The van der Waals surface area contributed by atoms with E-state index in [1.807, 2.05) is 0 Å². The summed E-state index contributed by atoms with van der Waals surface area (Å²) in [4.78, 5) is 11.6. The van der Waals surface area contributed by atoms with Crippen molar-refractivity contribution in [3.63, 3.8) is 0 Å². The van der Waals surface area contributed by atoms with Crippen LogP contribution in [0.15, 0.2) is 42.5 Å². The molecule has 1 aliphatic rings. The van der Waals surface area contributed by atoms with Crippen molar-refractivity contribution in [1.82, 2.24) is 0 Å². The van der Waals surface area contributed by atoms with Crippen LogP contribution in [0, 0.1) is 0 Å². The van der Waals surface area contributed by atoms with Crippen LogP contribution in [0.2, 0.25) is 0 Å². The summed E-state index contributed by atoms with van der Waals surface area (Å²) >= 11 is 0. The zero-order valence-corrected chi connectivity index (χ0v) is 11.7. The van der Waals surface area contributed by atoms with E-state index in [0.717, 1.165) is 0 Å². The summed E-state index contributed by atoms with van der Waals surface area (Å²) in [5.74, 6) is 0.171. The summed E-state index contributed by atoms with van der Waals surface area (Å²) in [7, 11) is 0. The molecule has 0 radical (unpaired) electrons. The molecule has 0 unspecified atom stereocenters. The van der Waals surface area contributed by atoms with Gasteiger partial charge in [-0.05, 0) is 41.5 Å². The number of aliphatic carboxylic acids is 1. The predicted molar refractivity (Wildman–Crippen MR) is 81.0 cm³/mol. The van der Waals surface area contributed by atoms with Gasteiger partial charge < -0.3 is 19.7 Å². The molecule has 0 aromatic heterocycles. The third kappa shape index (κ3) is 2.88. The van der Waals surface area contributed by atoms with Gasteiger partial charge in [-0.15, -0.1) is 0 Å². The van der Waals surface area contributed by atoms with Gasteiger partial charge in [0.25, 0.3) is 0 Å². The first kappa shape index (κ1) is 14.0. The van der Waals surface area contributed by atoms with Gasteiger partial charge >= 0.3 is 5.97 Å². The topological polar surface area (TPSA) is 76.0 Å². The minimum atomic E-state index is -1.06. The number of fused-ring (bicyclic) bond motifs is 1. The Balaban J connectivity index is 2.03. The molecule has 0 saturated carbocycles. The van der Waals surface area contributed by atoms with Crippen molar-refractivity contribution in [3.05, 3.63) is 53.6 Å². The van der Waals surface area contributed by atoms with E-state index in [0.29, 0.717) is 35.8 Å². The van der Waals surface area contributed by atoms with Crippen LogP contribution in [0.5, 0.6) is 17.2 Å². The second kappa shape index (κ2) is 5.81. The SMILES string of the molecule is O=C(O)/C(=C\c1cccc(O)c1)c1ccc2c(c1)OCCO2. The van der Waals surface area contributed by atoms with Crippen molar-refractivity contribution >= 4 is 17.6 Å². The minimum Gasteiger partial charge on any atom is -0.508 e. The number of carboxylic acids is 1. The quantitative estimate of drug-likeness (QED) is 0.673. The maximum absolute atomic E-state index is 11.6. The zero-order valence-electron chi connectivity index (χ0n) is 11.7. The summed E-state index contributed by atoms with van der Waals surface area (Å²) in [6.07, 6.45) is 1.51. The maximum atomic E-state index is 11.6. The molecule has 5 heteroatoms. The third-order valence-corrected chi connectivity index (χ3v) is 3.26. The largest absolute Gasteiger partial charge is 0.508 e. The van der Waals surface area contributed by atoms with E-state index in [1.165, 1.54) is 18.2 Å². The molecule has 0 spiro atoms. The lowest BCUT2D eigenvalue weighted by molar-refractivity contribution is -0.130. The smallest absolute Gasteiger partial charge is 0.336 e. The summed E-state index contributed by atoms with van der Waals surface area (Å²) < 4.78 is 10.9. The van der Waals surface area contributed by atoms with Gasteiger partial charge in [0.1, 0.15) is 19.0 Å². The highest BCUT2D eigenvalue weighted by Gasteiger charge is 2.16. The van der Waals surface area contributed by atoms with Gasteiger partial charge in [-0.1, -0.05) is 18.2 Å². The molecule has 2 aromatic rings. The van der Waals surface area contributed by atoms with Crippen molar-refractivity contribution in [2.75, 3.05) is 13.2 Å². The first-order chi connectivity index (χ1) is 10.6. The Morgan fingerprint density at radius 2 is 1.82 bits per heavy atom. The van der Waals surface area contributed by atoms with E-state index in [-0.39, 0.29) is 11.3 Å². The van der Waals surface area contributed by atoms with Crippen molar-refractivity contribution in [2.45, 2.75) is 0 Å². The average molecular weight is 298 g/mol. The van der Waals surface area contributed by atoms with Crippen LogP contribution >= 0.6 is 0 Å². The Hall–Kier alpha value is -2.95. The molecule has 0 fully saturated rings. The Morgan fingerprint density at radius 3 is 2.55 bits per heavy atom. The molecule has 0 atom stereocenters. The van der Waals surface area contributed by atoms with E-state index >= 15 is 0 Å². The normalized spacial score (nSPS) is 13.7. The van der Waals surface area contributed by atoms with Crippen LogP contribution in [-0.4, -0.2) is 29.4 Å². The van der Waals surface area contributed by atoms with Crippen LogP contribution in [-0.2, 0) is 4.79 Å². The van der Waals surface area contributed by atoms with Crippen LogP contribution in [0.4, 0.5) is 0 Å². The maximum Gasteiger partial charge on any atom is 0.336 e. The summed E-state index contributed by atoms with van der Waals surface area (Å²) in [5, 5.41) is 18.9. The fraction of sp³-hybridized carbons (Fsp3) is 0.118. The molecular formula is C17H14O5. The molecule has 1 aliphatic heterocycles. The van der Waals surface area contributed by atoms with Crippen LogP contribution in [0.25, 0.3) is 11.6 Å². The van der Waals surface area contributed by atoms with Crippen LogP contribution < -0.4 is 9.47 Å². The Morgan fingerprint density at radius 1 is 1.05 bits per heavy atom. The van der Waals surface area contributed by atoms with Crippen molar-refractivity contribution in [2.24, 2.45) is 0 Å². The van der Waals surface area contributed by atoms with Gasteiger partial charge in [-0.3, -0.25) is 0 Å². The molecule has 22 heavy (non-hydrogen) atoms. The first-order valence-corrected chi connectivity index (χ1v) is 6.77. The monoisotopic (exact) mass is 298 g/mol. The number of rotatable bonds is 3. The minimum absolute atomic E-state index is 0.0839. The van der Waals surface area contributed by atoms with Gasteiger partial charge in [0.2, 0.25) is 0 Å². The molecular weight excluding hydrogens is 284 g/mol. The van der Waals surface area contributed by atoms with Crippen LogP contribution in [0.3, 0.4) is 0 Å². The Kier molecular flexibility index (Phi) is 3.70. The molecule has 0 amide bonds. The highest BCUT2D eigenvalue weighted by Crippen LogP contribution is 2.33. The van der Waals surface area contributed by atoms with Crippen molar-refractivity contribution in [1.29, 1.82) is 0 Å². The lowest BCUT2D eigenvalue weighted by atomic mass is 10.0. The number of phenolic OH excluding ortho intramolecular Hbond substituents is 1. The second-order valence-corrected chi connectivity index (χ2v) is 4.82. The van der Waals surface area contributed by atoms with E-state index in [4.69, 9.17) is 9.47 Å². The lowest BCUT2D eigenvalue weighted by Crippen LogP contribution is -2.15. The van der Waals surface area contributed by atoms with Gasteiger partial charge in [0, 0.05) is 0 Å². The lowest BCUT2D eigenvalue weighted by Gasteiger charge is -2.19. The number of phenols is 1. The third-order valence-electron chi connectivity index (χ3n) is 3.26. The number of hydrogen-bond acceptors (Lipinski definition) is 4. The highest BCUT2D eigenvalue weighted by atomic mass is 16.6. The summed E-state index contributed by atoms with van der Waals surface area (Å²) in [5.41, 5.74) is 1.23. The molecule has 0 saturated heterocycles. The molecule has 5 nitrogen and oxygen atoms in total. The Bertz CT molecular complexity index is 748. The van der Waals surface area contributed by atoms with Gasteiger partial charge in [-0.25, -0.2) is 4.79 Å². The number of benzene rings is 2. The fourth-order valence-corrected chi connectivity index (χ4v) is 2.26.